The fourth-order valence-electron chi connectivity index (χ4n) is 6.85. The molecule has 2 fully saturated rings. The number of aryl methyl sites for hydroxylation is 2. The van der Waals surface area contributed by atoms with Crippen LogP contribution in [0.4, 0.5) is 5.69 Å². The van der Waals surface area contributed by atoms with E-state index in [-0.39, 0.29) is 0 Å². The van der Waals surface area contributed by atoms with E-state index in [2.05, 4.69) is 46.6 Å². The van der Waals surface area contributed by atoms with Crippen molar-refractivity contribution in [3.63, 3.8) is 0 Å². The van der Waals surface area contributed by atoms with E-state index in [1.54, 1.807) is 6.07 Å². The van der Waals surface area contributed by atoms with Crippen LogP contribution in [0.5, 0.6) is 17.2 Å². The number of aromatic hydroxyl groups is 2. The van der Waals surface area contributed by atoms with E-state index < -0.39 is 0 Å². The van der Waals surface area contributed by atoms with Gasteiger partial charge in [0, 0.05) is 24.8 Å². The van der Waals surface area contributed by atoms with Crippen LogP contribution < -0.4 is 10.1 Å². The van der Waals surface area contributed by atoms with Gasteiger partial charge in [-0.2, -0.15) is 0 Å². The Morgan fingerprint density at radius 3 is 2.39 bits per heavy atom. The number of phenols is 2. The van der Waals surface area contributed by atoms with E-state index in [4.69, 9.17) is 4.74 Å². The molecule has 1 unspecified atom stereocenters. The molecule has 1 saturated heterocycles. The molecule has 1 aliphatic heterocycles. The van der Waals surface area contributed by atoms with Crippen LogP contribution in [0.2, 0.25) is 0 Å². The smallest absolute Gasteiger partial charge is 0.119 e. The molecule has 3 aliphatic rings. The molecule has 3 N–H and O–H groups in total. The Balaban J connectivity index is 0.997. The maximum absolute atomic E-state index is 10.3. The van der Waals surface area contributed by atoms with Crippen molar-refractivity contribution in [2.45, 2.75) is 76.5 Å². The third-order valence-corrected chi connectivity index (χ3v) is 9.75. The first-order chi connectivity index (χ1) is 20.1. The molecule has 0 radical (unpaired) electrons. The summed E-state index contributed by atoms with van der Waals surface area (Å²) in [6, 6.07) is 20.4. The second-order valence-corrected chi connectivity index (χ2v) is 12.8. The highest BCUT2D eigenvalue weighted by molar-refractivity contribution is 5.57. The minimum atomic E-state index is 0.316. The number of nitrogens with one attached hydrogen (secondary N) is 1. The van der Waals surface area contributed by atoms with E-state index >= 15 is 0 Å². The molecule has 0 bridgehead atoms. The van der Waals surface area contributed by atoms with Crippen LogP contribution in [0, 0.1) is 5.41 Å². The standard InChI is InChI=1S/C36H46N2O3/c39-31-10-9-28-23-30(8-7-29(28)24-31)34-14-11-32(40)25-35(34)37-26-36(17-18-36)16-15-27-5-12-33(13-6-27)41-22-21-38-19-3-1-2-4-20-38/h5-6,9-14,24-25,30,37,39-40H,1-4,7-8,15-23,26H2. The van der Waals surface area contributed by atoms with E-state index in [0.717, 1.165) is 56.8 Å². The Labute approximate surface area is 245 Å². The first-order valence-corrected chi connectivity index (χ1v) is 15.9. The summed E-state index contributed by atoms with van der Waals surface area (Å²) in [5.41, 5.74) is 6.67. The highest BCUT2D eigenvalue weighted by atomic mass is 16.5. The monoisotopic (exact) mass is 554 g/mol. The van der Waals surface area contributed by atoms with Crippen molar-refractivity contribution in [1.29, 1.82) is 0 Å². The van der Waals surface area contributed by atoms with Crippen molar-refractivity contribution in [1.82, 2.24) is 4.90 Å². The summed E-state index contributed by atoms with van der Waals surface area (Å²) in [4.78, 5) is 2.55. The average molecular weight is 555 g/mol. The normalized spacial score (nSPS) is 20.1. The van der Waals surface area contributed by atoms with Crippen LogP contribution >= 0.6 is 0 Å². The highest BCUT2D eigenvalue weighted by Gasteiger charge is 2.41. The summed E-state index contributed by atoms with van der Waals surface area (Å²) in [6.07, 6.45) is 13.1. The lowest BCUT2D eigenvalue weighted by Gasteiger charge is -2.28. The molecule has 2 aliphatic carbocycles. The second-order valence-electron chi connectivity index (χ2n) is 12.8. The number of hydrogen-bond donors (Lipinski definition) is 3. The lowest BCUT2D eigenvalue weighted by Crippen LogP contribution is -2.29. The lowest BCUT2D eigenvalue weighted by molar-refractivity contribution is 0.214. The summed E-state index contributed by atoms with van der Waals surface area (Å²) >= 11 is 0. The molecule has 218 valence electrons. The Kier molecular flexibility index (Phi) is 8.71. The van der Waals surface area contributed by atoms with Gasteiger partial charge in [0.15, 0.2) is 0 Å². The van der Waals surface area contributed by atoms with Gasteiger partial charge in [0.25, 0.3) is 0 Å². The van der Waals surface area contributed by atoms with E-state index in [1.165, 1.54) is 80.3 Å². The van der Waals surface area contributed by atoms with Crippen molar-refractivity contribution >= 4 is 5.69 Å². The molecule has 6 rings (SSSR count). The number of anilines is 1. The van der Waals surface area contributed by atoms with Gasteiger partial charge in [-0.1, -0.05) is 37.1 Å². The van der Waals surface area contributed by atoms with Gasteiger partial charge in [0.2, 0.25) is 0 Å². The fourth-order valence-corrected chi connectivity index (χ4v) is 6.85. The fraction of sp³-hybridized carbons (Fsp3) is 0.500. The molecular weight excluding hydrogens is 508 g/mol. The summed E-state index contributed by atoms with van der Waals surface area (Å²) in [6.45, 7) is 5.16. The zero-order chi connectivity index (χ0) is 28.1. The molecule has 1 heterocycles. The molecule has 5 nitrogen and oxygen atoms in total. The van der Waals surface area contributed by atoms with E-state index in [9.17, 15) is 10.2 Å². The number of fused-ring (bicyclic) bond motifs is 1. The molecule has 1 atom stereocenters. The number of benzene rings is 3. The molecule has 0 aromatic heterocycles. The van der Waals surface area contributed by atoms with Crippen molar-refractivity contribution in [2.75, 3.05) is 38.1 Å². The molecule has 41 heavy (non-hydrogen) atoms. The Morgan fingerprint density at radius 1 is 0.854 bits per heavy atom. The number of nitrogens with zero attached hydrogens (tertiary/aromatic N) is 1. The Bertz CT molecular complexity index is 1290. The van der Waals surface area contributed by atoms with Gasteiger partial charge in [0.1, 0.15) is 23.9 Å². The van der Waals surface area contributed by atoms with Gasteiger partial charge < -0.3 is 20.3 Å². The number of ether oxygens (including phenoxy) is 1. The van der Waals surface area contributed by atoms with E-state index in [0.29, 0.717) is 22.8 Å². The predicted molar refractivity (Wildman–Crippen MR) is 166 cm³/mol. The zero-order valence-electron chi connectivity index (χ0n) is 24.4. The number of likely N-dealkylation sites (tertiary alicyclic amines) is 1. The van der Waals surface area contributed by atoms with Gasteiger partial charge in [-0.25, -0.2) is 0 Å². The Hall–Kier alpha value is -3.18. The van der Waals surface area contributed by atoms with Gasteiger partial charge in [0.05, 0.1) is 0 Å². The summed E-state index contributed by atoms with van der Waals surface area (Å²) in [7, 11) is 0. The molecule has 0 spiro atoms. The maximum Gasteiger partial charge on any atom is 0.119 e. The molecular formula is C36H46N2O3. The Morgan fingerprint density at radius 2 is 1.61 bits per heavy atom. The third-order valence-electron chi connectivity index (χ3n) is 9.75. The predicted octanol–water partition coefficient (Wildman–Crippen LogP) is 7.45. The minimum absolute atomic E-state index is 0.316. The molecule has 5 heteroatoms. The van der Waals surface area contributed by atoms with Gasteiger partial charge >= 0.3 is 0 Å². The van der Waals surface area contributed by atoms with Gasteiger partial charge in [-0.15, -0.1) is 0 Å². The van der Waals surface area contributed by atoms with Crippen molar-refractivity contribution in [3.05, 3.63) is 82.9 Å². The van der Waals surface area contributed by atoms with Crippen LogP contribution in [0.3, 0.4) is 0 Å². The van der Waals surface area contributed by atoms with Gasteiger partial charge in [-0.05, 0) is 135 Å². The topological polar surface area (TPSA) is 65.0 Å². The number of rotatable bonds is 11. The van der Waals surface area contributed by atoms with Gasteiger partial charge in [-0.3, -0.25) is 4.90 Å². The van der Waals surface area contributed by atoms with Crippen molar-refractivity contribution < 1.29 is 14.9 Å². The first kappa shape index (κ1) is 28.0. The zero-order valence-corrected chi connectivity index (χ0v) is 24.4. The largest absolute Gasteiger partial charge is 0.508 e. The summed E-state index contributed by atoms with van der Waals surface area (Å²) < 4.78 is 6.06. The quantitative estimate of drug-likeness (QED) is 0.230. The van der Waals surface area contributed by atoms with Crippen molar-refractivity contribution in [3.8, 4) is 17.2 Å². The van der Waals surface area contributed by atoms with Crippen molar-refractivity contribution in [2.24, 2.45) is 5.41 Å². The summed E-state index contributed by atoms with van der Waals surface area (Å²) in [5, 5.41) is 23.9. The van der Waals surface area contributed by atoms with Crippen LogP contribution in [0.25, 0.3) is 0 Å². The third kappa shape index (κ3) is 7.37. The highest BCUT2D eigenvalue weighted by Crippen LogP contribution is 2.50. The first-order valence-electron chi connectivity index (χ1n) is 15.9. The molecule has 0 amide bonds. The lowest BCUT2D eigenvalue weighted by atomic mass is 9.79. The molecule has 3 aromatic carbocycles. The SMILES string of the molecule is Oc1ccc2c(c1)CCC(c1ccc(O)cc1NCC1(CCc3ccc(OCCN4CCCCCC4)cc3)CC1)C2. The van der Waals surface area contributed by atoms with Crippen LogP contribution in [0.15, 0.2) is 60.7 Å². The average Bonchev–Trinajstić information content (AvgIpc) is 3.80. The number of hydrogen-bond acceptors (Lipinski definition) is 5. The number of phenolic OH excluding ortho intramolecular Hbond substituents is 2. The molecule has 3 aromatic rings. The maximum atomic E-state index is 10.3. The second kappa shape index (κ2) is 12.8. The van der Waals surface area contributed by atoms with E-state index in [1.807, 2.05) is 18.2 Å². The van der Waals surface area contributed by atoms with Crippen LogP contribution in [-0.2, 0) is 19.3 Å². The van der Waals surface area contributed by atoms with Crippen LogP contribution in [0.1, 0.15) is 79.5 Å². The van der Waals surface area contributed by atoms with Crippen LogP contribution in [-0.4, -0.2) is 47.9 Å². The minimum Gasteiger partial charge on any atom is -0.508 e. The summed E-state index contributed by atoms with van der Waals surface area (Å²) in [5.74, 6) is 2.06. The molecule has 1 saturated carbocycles.